The van der Waals surface area contributed by atoms with Crippen LogP contribution in [0.4, 0.5) is 0 Å². The third-order valence-corrected chi connectivity index (χ3v) is 2.70. The summed E-state index contributed by atoms with van der Waals surface area (Å²) in [5.41, 5.74) is 1.28. The van der Waals surface area contributed by atoms with Gasteiger partial charge in [-0.05, 0) is 39.4 Å². The summed E-state index contributed by atoms with van der Waals surface area (Å²) in [5.74, 6) is 0. The molecule has 0 saturated carbocycles. The molecule has 0 amide bonds. The van der Waals surface area contributed by atoms with Crippen LogP contribution in [0.3, 0.4) is 0 Å². The predicted molar refractivity (Wildman–Crippen MR) is 58.0 cm³/mol. The number of hydrogen-bond acceptors (Lipinski definition) is 2. The van der Waals surface area contributed by atoms with Crippen molar-refractivity contribution in [2.24, 2.45) is 0 Å². The van der Waals surface area contributed by atoms with E-state index >= 15 is 0 Å². The molecule has 0 radical (unpaired) electrons. The van der Waals surface area contributed by atoms with Crippen LogP contribution in [0, 0.1) is 0 Å². The fraction of sp³-hybridized carbons (Fsp3) is 0.818. The summed E-state index contributed by atoms with van der Waals surface area (Å²) >= 11 is 0. The monoisotopic (exact) mass is 182 g/mol. The van der Waals surface area contributed by atoms with Gasteiger partial charge < -0.3 is 5.32 Å². The number of piperidine rings is 1. The van der Waals surface area contributed by atoms with Gasteiger partial charge in [0.2, 0.25) is 0 Å². The third-order valence-electron chi connectivity index (χ3n) is 2.70. The molecular weight excluding hydrogens is 160 g/mol. The summed E-state index contributed by atoms with van der Waals surface area (Å²) in [6.45, 7) is 12.9. The van der Waals surface area contributed by atoms with Crippen molar-refractivity contribution in [3.8, 4) is 0 Å². The van der Waals surface area contributed by atoms with Crippen LogP contribution in [0.1, 0.15) is 26.7 Å². The Morgan fingerprint density at radius 2 is 2.08 bits per heavy atom. The van der Waals surface area contributed by atoms with Gasteiger partial charge in [0.1, 0.15) is 0 Å². The molecule has 1 aliphatic rings. The number of nitrogens with zero attached hydrogens (tertiary/aromatic N) is 1. The molecule has 1 N–H and O–H groups in total. The largest absolute Gasteiger partial charge is 0.317 e. The lowest BCUT2D eigenvalue weighted by Gasteiger charge is -2.33. The SMILES string of the molecule is C=C(C)CN(CC)C1CCNCC1. The maximum Gasteiger partial charge on any atom is 0.0190 e. The molecule has 13 heavy (non-hydrogen) atoms. The van der Waals surface area contributed by atoms with Crippen LogP contribution in [0.5, 0.6) is 0 Å². The maximum absolute atomic E-state index is 3.98. The molecule has 0 bridgehead atoms. The molecular formula is C11H22N2. The van der Waals surface area contributed by atoms with Crippen molar-refractivity contribution in [1.82, 2.24) is 10.2 Å². The van der Waals surface area contributed by atoms with Crippen molar-refractivity contribution in [2.75, 3.05) is 26.2 Å². The van der Waals surface area contributed by atoms with E-state index in [-0.39, 0.29) is 0 Å². The van der Waals surface area contributed by atoms with Crippen molar-refractivity contribution in [2.45, 2.75) is 32.7 Å². The van der Waals surface area contributed by atoms with Gasteiger partial charge in [0.05, 0.1) is 0 Å². The summed E-state index contributed by atoms with van der Waals surface area (Å²) in [6, 6.07) is 0.781. The Kier molecular flexibility index (Phi) is 4.46. The van der Waals surface area contributed by atoms with Gasteiger partial charge in [0.15, 0.2) is 0 Å². The molecule has 1 fully saturated rings. The van der Waals surface area contributed by atoms with E-state index in [9.17, 15) is 0 Å². The van der Waals surface area contributed by atoms with Crippen molar-refractivity contribution in [3.63, 3.8) is 0 Å². The van der Waals surface area contributed by atoms with E-state index in [1.165, 1.54) is 31.5 Å². The molecule has 2 nitrogen and oxygen atoms in total. The molecule has 76 valence electrons. The van der Waals surface area contributed by atoms with E-state index in [4.69, 9.17) is 0 Å². The third kappa shape index (κ3) is 3.49. The van der Waals surface area contributed by atoms with E-state index in [1.807, 2.05) is 0 Å². The highest BCUT2D eigenvalue weighted by Gasteiger charge is 2.18. The van der Waals surface area contributed by atoms with Gasteiger partial charge in [0.25, 0.3) is 0 Å². The summed E-state index contributed by atoms with van der Waals surface area (Å²) in [6.07, 6.45) is 2.59. The van der Waals surface area contributed by atoms with Gasteiger partial charge >= 0.3 is 0 Å². The highest BCUT2D eigenvalue weighted by molar-refractivity contribution is 4.93. The summed E-state index contributed by atoms with van der Waals surface area (Å²) in [5, 5.41) is 3.40. The first-order valence-corrected chi connectivity index (χ1v) is 5.33. The van der Waals surface area contributed by atoms with Gasteiger partial charge in [-0.3, -0.25) is 4.90 Å². The van der Waals surface area contributed by atoms with Gasteiger partial charge in [-0.2, -0.15) is 0 Å². The van der Waals surface area contributed by atoms with E-state index in [1.54, 1.807) is 0 Å². The predicted octanol–water partition coefficient (Wildman–Crippen LogP) is 1.64. The van der Waals surface area contributed by atoms with Crippen molar-refractivity contribution in [1.29, 1.82) is 0 Å². The molecule has 1 heterocycles. The highest BCUT2D eigenvalue weighted by Crippen LogP contribution is 2.12. The van der Waals surface area contributed by atoms with E-state index < -0.39 is 0 Å². The standard InChI is InChI=1S/C11H22N2/c1-4-13(9-10(2)3)11-5-7-12-8-6-11/h11-12H,2,4-9H2,1,3H3. The van der Waals surface area contributed by atoms with E-state index in [2.05, 4.69) is 30.6 Å². The molecule has 0 aliphatic carbocycles. The molecule has 1 aliphatic heterocycles. The minimum Gasteiger partial charge on any atom is -0.317 e. The smallest absolute Gasteiger partial charge is 0.0190 e. The maximum atomic E-state index is 3.98. The second-order valence-corrected chi connectivity index (χ2v) is 4.00. The summed E-state index contributed by atoms with van der Waals surface area (Å²) < 4.78 is 0. The zero-order chi connectivity index (χ0) is 9.68. The molecule has 0 atom stereocenters. The summed E-state index contributed by atoms with van der Waals surface area (Å²) in [7, 11) is 0. The second kappa shape index (κ2) is 5.40. The fourth-order valence-corrected chi connectivity index (χ4v) is 2.02. The van der Waals surface area contributed by atoms with Gasteiger partial charge in [-0.1, -0.05) is 19.1 Å². The number of hydrogen-bond donors (Lipinski definition) is 1. The topological polar surface area (TPSA) is 15.3 Å². The Morgan fingerprint density at radius 3 is 2.54 bits per heavy atom. The van der Waals surface area contributed by atoms with Crippen molar-refractivity contribution in [3.05, 3.63) is 12.2 Å². The normalized spacial score (nSPS) is 19.3. The lowest BCUT2D eigenvalue weighted by molar-refractivity contribution is 0.184. The Balaban J connectivity index is 2.39. The quantitative estimate of drug-likeness (QED) is 0.665. The van der Waals surface area contributed by atoms with Crippen molar-refractivity contribution >= 4 is 0 Å². The Bertz CT molecular complexity index is 159. The molecule has 0 unspecified atom stereocenters. The van der Waals surface area contributed by atoms with E-state index in [0.29, 0.717) is 0 Å². The number of likely N-dealkylation sites (N-methyl/N-ethyl adjacent to an activating group) is 1. The van der Waals surface area contributed by atoms with Crippen LogP contribution in [0.2, 0.25) is 0 Å². The first-order valence-electron chi connectivity index (χ1n) is 5.33. The minimum atomic E-state index is 0.781. The van der Waals surface area contributed by atoms with Gasteiger partial charge in [-0.15, -0.1) is 0 Å². The Labute approximate surface area is 82.0 Å². The average molecular weight is 182 g/mol. The zero-order valence-corrected chi connectivity index (χ0v) is 8.97. The van der Waals surface area contributed by atoms with Gasteiger partial charge in [0, 0.05) is 12.6 Å². The molecule has 0 aromatic rings. The fourth-order valence-electron chi connectivity index (χ4n) is 2.02. The molecule has 0 spiro atoms. The van der Waals surface area contributed by atoms with E-state index in [0.717, 1.165) is 19.1 Å². The summed E-state index contributed by atoms with van der Waals surface area (Å²) in [4.78, 5) is 2.54. The molecule has 0 aromatic carbocycles. The molecule has 1 rings (SSSR count). The van der Waals surface area contributed by atoms with Crippen LogP contribution < -0.4 is 5.32 Å². The number of rotatable bonds is 4. The van der Waals surface area contributed by atoms with Crippen LogP contribution in [0.15, 0.2) is 12.2 Å². The van der Waals surface area contributed by atoms with Crippen molar-refractivity contribution < 1.29 is 0 Å². The Morgan fingerprint density at radius 1 is 1.46 bits per heavy atom. The lowest BCUT2D eigenvalue weighted by atomic mass is 10.0. The lowest BCUT2D eigenvalue weighted by Crippen LogP contribution is -2.43. The highest BCUT2D eigenvalue weighted by atomic mass is 15.2. The van der Waals surface area contributed by atoms with Crippen LogP contribution in [-0.2, 0) is 0 Å². The first kappa shape index (κ1) is 10.7. The first-order chi connectivity index (χ1) is 6.24. The minimum absolute atomic E-state index is 0.781. The molecule has 1 saturated heterocycles. The number of nitrogens with one attached hydrogen (secondary N) is 1. The average Bonchev–Trinajstić information content (AvgIpc) is 2.15. The van der Waals surface area contributed by atoms with Gasteiger partial charge in [-0.25, -0.2) is 0 Å². The second-order valence-electron chi connectivity index (χ2n) is 4.00. The Hall–Kier alpha value is -0.340. The molecule has 0 aromatic heterocycles. The van der Waals surface area contributed by atoms with Crippen LogP contribution in [-0.4, -0.2) is 37.1 Å². The zero-order valence-electron chi connectivity index (χ0n) is 8.97. The van der Waals surface area contributed by atoms with Crippen LogP contribution >= 0.6 is 0 Å². The van der Waals surface area contributed by atoms with Crippen LogP contribution in [0.25, 0.3) is 0 Å². The molecule has 2 heteroatoms.